The van der Waals surface area contributed by atoms with Crippen molar-refractivity contribution >= 4 is 21.4 Å². The van der Waals surface area contributed by atoms with Gasteiger partial charge in [0.05, 0.1) is 11.0 Å². The molecule has 0 aliphatic heterocycles. The van der Waals surface area contributed by atoms with Gasteiger partial charge in [-0.3, -0.25) is 0 Å². The Morgan fingerprint density at radius 2 is 2.19 bits per heavy atom. The minimum atomic E-state index is -3.47. The first-order valence-electron chi connectivity index (χ1n) is 7.33. The normalized spacial score (nSPS) is 22.8. The molecule has 0 amide bonds. The molecule has 1 heterocycles. The monoisotopic (exact) mass is 332 g/mol. The topological polar surface area (TPSA) is 67.4 Å². The zero-order valence-electron chi connectivity index (χ0n) is 12.8. The average Bonchev–Trinajstić information content (AvgIpc) is 3.02. The van der Waals surface area contributed by atoms with Crippen molar-refractivity contribution in [2.75, 3.05) is 13.7 Å². The highest BCUT2D eigenvalue weighted by molar-refractivity contribution is 7.89. The van der Waals surface area contributed by atoms with Gasteiger partial charge in [-0.15, -0.1) is 11.3 Å². The van der Waals surface area contributed by atoms with Crippen LogP contribution in [0.15, 0.2) is 11.0 Å². The summed E-state index contributed by atoms with van der Waals surface area (Å²) >= 11 is 1.53. The Balaban J connectivity index is 2.13. The maximum absolute atomic E-state index is 12.6. The second-order valence-corrected chi connectivity index (χ2v) is 8.37. The van der Waals surface area contributed by atoms with Gasteiger partial charge in [-0.2, -0.15) is 0 Å². The van der Waals surface area contributed by atoms with Crippen molar-refractivity contribution < 1.29 is 13.2 Å². The molecule has 1 aliphatic carbocycles. The molecular weight excluding hydrogens is 308 g/mol. The summed E-state index contributed by atoms with van der Waals surface area (Å²) in [6.45, 7) is 5.47. The molecule has 120 valence electrons. The Hall–Kier alpha value is -0.470. The maximum atomic E-state index is 12.6. The summed E-state index contributed by atoms with van der Waals surface area (Å²) in [5.74, 6) is 0. The van der Waals surface area contributed by atoms with E-state index in [0.29, 0.717) is 11.4 Å². The third-order valence-corrected chi connectivity index (χ3v) is 6.62. The first-order chi connectivity index (χ1) is 9.97. The number of thiophene rings is 1. The van der Waals surface area contributed by atoms with E-state index in [1.54, 1.807) is 13.2 Å². The van der Waals surface area contributed by atoms with Gasteiger partial charge in [-0.05, 0) is 38.8 Å². The van der Waals surface area contributed by atoms with Crippen molar-refractivity contribution in [3.8, 4) is 0 Å². The standard InChI is InChI=1S/C14H24N2O3S2/c1-4-15-9-11-8-14(10(2)20-11)21(17,18)16-12-6-5-7-13(12)19-3/h8,12-13,15-16H,4-7,9H2,1-3H3. The molecule has 0 bridgehead atoms. The molecule has 2 rings (SSSR count). The van der Waals surface area contributed by atoms with Crippen LogP contribution in [-0.2, 0) is 21.3 Å². The van der Waals surface area contributed by atoms with Gasteiger partial charge < -0.3 is 10.1 Å². The number of sulfonamides is 1. The molecule has 0 saturated heterocycles. The molecule has 1 aromatic rings. The minimum Gasteiger partial charge on any atom is -0.380 e. The molecule has 0 radical (unpaired) electrons. The van der Waals surface area contributed by atoms with Crippen molar-refractivity contribution in [1.82, 2.24) is 10.0 Å². The van der Waals surface area contributed by atoms with Crippen molar-refractivity contribution in [2.24, 2.45) is 0 Å². The molecule has 2 unspecified atom stereocenters. The number of rotatable bonds is 7. The lowest BCUT2D eigenvalue weighted by atomic mass is 10.2. The van der Waals surface area contributed by atoms with Crippen molar-refractivity contribution in [2.45, 2.75) is 56.7 Å². The lowest BCUT2D eigenvalue weighted by Crippen LogP contribution is -2.40. The third-order valence-electron chi connectivity index (χ3n) is 3.82. The first-order valence-corrected chi connectivity index (χ1v) is 9.63. The minimum absolute atomic E-state index is 0.0139. The fourth-order valence-corrected chi connectivity index (χ4v) is 5.64. The van der Waals surface area contributed by atoms with Gasteiger partial charge in [0.25, 0.3) is 0 Å². The first kappa shape index (κ1) is 16.9. The summed E-state index contributed by atoms with van der Waals surface area (Å²) in [7, 11) is -1.83. The fourth-order valence-electron chi connectivity index (χ4n) is 2.73. The molecule has 2 N–H and O–H groups in total. The molecular formula is C14H24N2O3S2. The highest BCUT2D eigenvalue weighted by atomic mass is 32.2. The van der Waals surface area contributed by atoms with Crippen LogP contribution in [0.25, 0.3) is 0 Å². The van der Waals surface area contributed by atoms with E-state index in [2.05, 4.69) is 10.0 Å². The summed E-state index contributed by atoms with van der Waals surface area (Å²) < 4.78 is 33.3. The van der Waals surface area contributed by atoms with Crippen LogP contribution in [0.5, 0.6) is 0 Å². The van der Waals surface area contributed by atoms with Crippen LogP contribution < -0.4 is 10.0 Å². The van der Waals surface area contributed by atoms with E-state index in [1.807, 2.05) is 13.8 Å². The summed E-state index contributed by atoms with van der Waals surface area (Å²) in [6.07, 6.45) is 2.74. The highest BCUT2D eigenvalue weighted by Crippen LogP contribution is 2.28. The number of aryl methyl sites for hydroxylation is 1. The zero-order chi connectivity index (χ0) is 15.5. The predicted molar refractivity (Wildman–Crippen MR) is 85.2 cm³/mol. The summed E-state index contributed by atoms with van der Waals surface area (Å²) in [6, 6.07) is 1.67. The zero-order valence-corrected chi connectivity index (χ0v) is 14.4. The quantitative estimate of drug-likeness (QED) is 0.801. The van der Waals surface area contributed by atoms with Crippen LogP contribution in [0.4, 0.5) is 0 Å². The van der Waals surface area contributed by atoms with Gasteiger partial charge in [0.2, 0.25) is 10.0 Å². The summed E-state index contributed by atoms with van der Waals surface area (Å²) in [4.78, 5) is 2.29. The van der Waals surface area contributed by atoms with E-state index in [9.17, 15) is 8.42 Å². The van der Waals surface area contributed by atoms with Gasteiger partial charge in [-0.1, -0.05) is 6.92 Å². The smallest absolute Gasteiger partial charge is 0.242 e. The Bertz CT molecular complexity index is 569. The predicted octanol–water partition coefficient (Wildman–Crippen LogP) is 2.01. The van der Waals surface area contributed by atoms with Crippen LogP contribution >= 0.6 is 11.3 Å². The van der Waals surface area contributed by atoms with Gasteiger partial charge >= 0.3 is 0 Å². The van der Waals surface area contributed by atoms with E-state index in [4.69, 9.17) is 4.74 Å². The summed E-state index contributed by atoms with van der Waals surface area (Å²) in [5, 5.41) is 3.22. The second kappa shape index (κ2) is 7.19. The van der Waals surface area contributed by atoms with E-state index in [0.717, 1.165) is 35.6 Å². The molecule has 1 saturated carbocycles. The van der Waals surface area contributed by atoms with Crippen molar-refractivity contribution in [3.05, 3.63) is 15.8 Å². The number of methoxy groups -OCH3 is 1. The van der Waals surface area contributed by atoms with Gasteiger partial charge in [0.1, 0.15) is 0 Å². The van der Waals surface area contributed by atoms with E-state index >= 15 is 0 Å². The maximum Gasteiger partial charge on any atom is 0.242 e. The van der Waals surface area contributed by atoms with Crippen LogP contribution in [0.1, 0.15) is 35.9 Å². The molecule has 5 nitrogen and oxygen atoms in total. The number of hydrogen-bond donors (Lipinski definition) is 2. The average molecular weight is 332 g/mol. The molecule has 1 aliphatic rings. The molecule has 0 aromatic carbocycles. The van der Waals surface area contributed by atoms with E-state index in [1.165, 1.54) is 11.3 Å². The Labute approximate surface area is 131 Å². The third kappa shape index (κ3) is 4.04. The van der Waals surface area contributed by atoms with Crippen LogP contribution in [0.2, 0.25) is 0 Å². The van der Waals surface area contributed by atoms with Gasteiger partial charge in [0, 0.05) is 29.5 Å². The van der Waals surface area contributed by atoms with Crippen LogP contribution in [-0.4, -0.2) is 34.2 Å². The van der Waals surface area contributed by atoms with E-state index in [-0.39, 0.29) is 12.1 Å². The largest absolute Gasteiger partial charge is 0.380 e. The second-order valence-electron chi connectivity index (χ2n) is 5.35. The van der Waals surface area contributed by atoms with Gasteiger partial charge in [-0.25, -0.2) is 13.1 Å². The molecule has 1 fully saturated rings. The Morgan fingerprint density at radius 1 is 1.43 bits per heavy atom. The Kier molecular flexibility index (Phi) is 5.79. The molecule has 7 heteroatoms. The molecule has 0 spiro atoms. The van der Waals surface area contributed by atoms with Gasteiger partial charge in [0.15, 0.2) is 0 Å². The number of hydrogen-bond acceptors (Lipinski definition) is 5. The van der Waals surface area contributed by atoms with Crippen molar-refractivity contribution in [3.63, 3.8) is 0 Å². The van der Waals surface area contributed by atoms with Crippen molar-refractivity contribution in [1.29, 1.82) is 0 Å². The molecule has 2 atom stereocenters. The number of nitrogens with one attached hydrogen (secondary N) is 2. The van der Waals surface area contributed by atoms with Crippen LogP contribution in [0.3, 0.4) is 0 Å². The fraction of sp³-hybridized carbons (Fsp3) is 0.714. The Morgan fingerprint density at radius 3 is 2.86 bits per heavy atom. The summed E-state index contributed by atoms with van der Waals surface area (Å²) in [5.41, 5.74) is 0. The SMILES string of the molecule is CCNCc1cc(S(=O)(=O)NC2CCCC2OC)c(C)s1. The van der Waals surface area contributed by atoms with Crippen LogP contribution in [0, 0.1) is 6.92 Å². The lowest BCUT2D eigenvalue weighted by Gasteiger charge is -2.19. The van der Waals surface area contributed by atoms with E-state index < -0.39 is 10.0 Å². The number of ether oxygens (including phenoxy) is 1. The highest BCUT2D eigenvalue weighted by Gasteiger charge is 2.32. The molecule has 1 aromatic heterocycles. The molecule has 21 heavy (non-hydrogen) atoms. The lowest BCUT2D eigenvalue weighted by molar-refractivity contribution is 0.0916.